The van der Waals surface area contributed by atoms with Crippen LogP contribution in [0.2, 0.25) is 0 Å². The minimum absolute atomic E-state index is 0.592. The summed E-state index contributed by atoms with van der Waals surface area (Å²) in [5, 5.41) is 12.6. The van der Waals surface area contributed by atoms with E-state index in [4.69, 9.17) is 4.42 Å². The predicted octanol–water partition coefficient (Wildman–Crippen LogP) is 1.45. The van der Waals surface area contributed by atoms with Crippen molar-refractivity contribution in [2.75, 3.05) is 5.32 Å². The Morgan fingerprint density at radius 2 is 2.46 bits per heavy atom. The van der Waals surface area contributed by atoms with E-state index in [0.717, 1.165) is 15.9 Å². The van der Waals surface area contributed by atoms with Crippen molar-refractivity contribution < 1.29 is 4.42 Å². The standard InChI is InChI=1S/C7H8N4OS/c1-5-10-11-7(13-5)9-3-6-2-8-4-12-6/h2,4H,3H2,1H3,(H,9,11). The molecule has 2 aromatic heterocycles. The van der Waals surface area contributed by atoms with Gasteiger partial charge in [0, 0.05) is 0 Å². The highest BCUT2D eigenvalue weighted by molar-refractivity contribution is 7.15. The molecule has 13 heavy (non-hydrogen) atoms. The topological polar surface area (TPSA) is 63.8 Å². The summed E-state index contributed by atoms with van der Waals surface area (Å²) in [6, 6.07) is 0. The van der Waals surface area contributed by atoms with Crippen LogP contribution in [0, 0.1) is 6.92 Å². The number of oxazole rings is 1. The van der Waals surface area contributed by atoms with E-state index >= 15 is 0 Å². The molecule has 0 bridgehead atoms. The second kappa shape index (κ2) is 3.53. The van der Waals surface area contributed by atoms with Crippen LogP contribution in [0.25, 0.3) is 0 Å². The van der Waals surface area contributed by atoms with E-state index in [0.29, 0.717) is 6.54 Å². The first-order chi connectivity index (χ1) is 6.34. The van der Waals surface area contributed by atoms with Gasteiger partial charge in [-0.2, -0.15) is 0 Å². The molecular weight excluding hydrogens is 188 g/mol. The number of aryl methyl sites for hydroxylation is 1. The molecule has 0 aromatic carbocycles. The fourth-order valence-corrected chi connectivity index (χ4v) is 1.45. The molecule has 2 rings (SSSR count). The summed E-state index contributed by atoms with van der Waals surface area (Å²) < 4.78 is 5.04. The SMILES string of the molecule is Cc1nnc(NCc2cnco2)s1. The normalized spacial score (nSPS) is 10.2. The van der Waals surface area contributed by atoms with Crippen molar-refractivity contribution in [2.24, 2.45) is 0 Å². The number of nitrogens with zero attached hydrogens (tertiary/aromatic N) is 3. The van der Waals surface area contributed by atoms with Crippen molar-refractivity contribution in [3.05, 3.63) is 23.4 Å². The van der Waals surface area contributed by atoms with E-state index in [2.05, 4.69) is 20.5 Å². The summed E-state index contributed by atoms with van der Waals surface area (Å²) >= 11 is 1.51. The number of hydrogen-bond donors (Lipinski definition) is 1. The first-order valence-electron chi connectivity index (χ1n) is 3.76. The van der Waals surface area contributed by atoms with E-state index in [9.17, 15) is 0 Å². The molecule has 0 atom stereocenters. The third-order valence-electron chi connectivity index (χ3n) is 1.42. The van der Waals surface area contributed by atoms with Crippen LogP contribution in [-0.2, 0) is 6.54 Å². The lowest BCUT2D eigenvalue weighted by Gasteiger charge is -1.95. The molecule has 0 radical (unpaired) electrons. The van der Waals surface area contributed by atoms with Crippen LogP contribution in [0.5, 0.6) is 0 Å². The first kappa shape index (κ1) is 8.18. The molecule has 2 heterocycles. The van der Waals surface area contributed by atoms with Crippen molar-refractivity contribution in [1.29, 1.82) is 0 Å². The zero-order valence-corrected chi connectivity index (χ0v) is 7.84. The molecule has 0 aliphatic heterocycles. The first-order valence-corrected chi connectivity index (χ1v) is 4.57. The highest BCUT2D eigenvalue weighted by Crippen LogP contribution is 2.14. The molecule has 0 saturated carbocycles. The smallest absolute Gasteiger partial charge is 0.206 e. The molecule has 0 fully saturated rings. The lowest BCUT2D eigenvalue weighted by molar-refractivity contribution is 0.511. The van der Waals surface area contributed by atoms with Crippen molar-refractivity contribution >= 4 is 16.5 Å². The van der Waals surface area contributed by atoms with E-state index in [1.54, 1.807) is 6.20 Å². The summed E-state index contributed by atoms with van der Waals surface area (Å²) in [4.78, 5) is 3.80. The van der Waals surface area contributed by atoms with Gasteiger partial charge in [0.1, 0.15) is 10.8 Å². The lowest BCUT2D eigenvalue weighted by atomic mass is 10.5. The van der Waals surface area contributed by atoms with Crippen molar-refractivity contribution in [3.8, 4) is 0 Å². The summed E-state index contributed by atoms with van der Waals surface area (Å²) in [5.41, 5.74) is 0. The van der Waals surface area contributed by atoms with E-state index in [-0.39, 0.29) is 0 Å². The largest absolute Gasteiger partial charge is 0.447 e. The Hall–Kier alpha value is -1.43. The molecule has 0 unspecified atom stereocenters. The number of nitrogens with one attached hydrogen (secondary N) is 1. The molecule has 0 spiro atoms. The molecule has 2 aromatic rings. The van der Waals surface area contributed by atoms with E-state index in [1.807, 2.05) is 6.92 Å². The predicted molar refractivity (Wildman–Crippen MR) is 48.5 cm³/mol. The van der Waals surface area contributed by atoms with Gasteiger partial charge in [0.15, 0.2) is 6.39 Å². The number of aromatic nitrogens is 3. The van der Waals surface area contributed by atoms with Gasteiger partial charge in [0.05, 0.1) is 12.7 Å². The minimum Gasteiger partial charge on any atom is -0.447 e. The van der Waals surface area contributed by atoms with Crippen LogP contribution in [0.4, 0.5) is 5.13 Å². The van der Waals surface area contributed by atoms with Gasteiger partial charge in [-0.05, 0) is 6.92 Å². The fourth-order valence-electron chi connectivity index (χ4n) is 0.860. The molecule has 1 N–H and O–H groups in total. The minimum atomic E-state index is 0.592. The summed E-state index contributed by atoms with van der Waals surface area (Å²) in [6.07, 6.45) is 3.07. The van der Waals surface area contributed by atoms with Crippen molar-refractivity contribution in [1.82, 2.24) is 15.2 Å². The molecular formula is C7H8N4OS. The van der Waals surface area contributed by atoms with Gasteiger partial charge >= 0.3 is 0 Å². The van der Waals surface area contributed by atoms with Gasteiger partial charge in [-0.1, -0.05) is 11.3 Å². The quantitative estimate of drug-likeness (QED) is 0.804. The molecule has 0 aliphatic rings. The fraction of sp³-hybridized carbons (Fsp3) is 0.286. The van der Waals surface area contributed by atoms with Gasteiger partial charge in [0.25, 0.3) is 0 Å². The summed E-state index contributed by atoms with van der Waals surface area (Å²) in [6.45, 7) is 2.51. The highest BCUT2D eigenvalue weighted by atomic mass is 32.1. The maximum atomic E-state index is 5.04. The lowest BCUT2D eigenvalue weighted by Crippen LogP contribution is -1.97. The molecule has 0 aliphatic carbocycles. The summed E-state index contributed by atoms with van der Waals surface area (Å²) in [5.74, 6) is 0.785. The monoisotopic (exact) mass is 196 g/mol. The average Bonchev–Trinajstić information content (AvgIpc) is 2.71. The average molecular weight is 196 g/mol. The van der Waals surface area contributed by atoms with Crippen LogP contribution in [0.1, 0.15) is 10.8 Å². The number of hydrogen-bond acceptors (Lipinski definition) is 6. The van der Waals surface area contributed by atoms with Gasteiger partial charge in [-0.15, -0.1) is 10.2 Å². The van der Waals surface area contributed by atoms with Crippen molar-refractivity contribution in [2.45, 2.75) is 13.5 Å². The third kappa shape index (κ3) is 2.03. The summed E-state index contributed by atoms with van der Waals surface area (Å²) in [7, 11) is 0. The van der Waals surface area contributed by atoms with Gasteiger partial charge < -0.3 is 9.73 Å². The van der Waals surface area contributed by atoms with Gasteiger partial charge in [-0.3, -0.25) is 0 Å². The Labute approximate surface area is 78.8 Å². The molecule has 68 valence electrons. The zero-order chi connectivity index (χ0) is 9.10. The Morgan fingerprint density at radius 3 is 3.08 bits per heavy atom. The number of rotatable bonds is 3. The molecule has 0 amide bonds. The highest BCUT2D eigenvalue weighted by Gasteiger charge is 2.00. The second-order valence-electron chi connectivity index (χ2n) is 2.45. The maximum absolute atomic E-state index is 5.04. The van der Waals surface area contributed by atoms with Crippen LogP contribution in [-0.4, -0.2) is 15.2 Å². The van der Waals surface area contributed by atoms with Crippen LogP contribution >= 0.6 is 11.3 Å². The van der Waals surface area contributed by atoms with E-state index < -0.39 is 0 Å². The van der Waals surface area contributed by atoms with Gasteiger partial charge in [0.2, 0.25) is 5.13 Å². The zero-order valence-electron chi connectivity index (χ0n) is 7.02. The number of anilines is 1. The molecule has 5 nitrogen and oxygen atoms in total. The Kier molecular flexibility index (Phi) is 2.22. The van der Waals surface area contributed by atoms with Crippen LogP contribution < -0.4 is 5.32 Å². The van der Waals surface area contributed by atoms with Crippen LogP contribution in [0.3, 0.4) is 0 Å². The molecule has 0 saturated heterocycles. The maximum Gasteiger partial charge on any atom is 0.206 e. The van der Waals surface area contributed by atoms with Crippen LogP contribution in [0.15, 0.2) is 17.0 Å². The Morgan fingerprint density at radius 1 is 1.54 bits per heavy atom. The van der Waals surface area contributed by atoms with Crippen molar-refractivity contribution in [3.63, 3.8) is 0 Å². The molecule has 6 heteroatoms. The van der Waals surface area contributed by atoms with E-state index in [1.165, 1.54) is 17.7 Å². The Bertz CT molecular complexity index is 370. The second-order valence-corrected chi connectivity index (χ2v) is 3.63. The Balaban J connectivity index is 1.93. The van der Waals surface area contributed by atoms with Gasteiger partial charge in [-0.25, -0.2) is 4.98 Å². The third-order valence-corrected chi connectivity index (χ3v) is 2.22.